The van der Waals surface area contributed by atoms with E-state index < -0.39 is 0 Å². The number of nitrogens with zero attached hydrogens (tertiary/aromatic N) is 1. The Kier molecular flexibility index (Phi) is 7.25. The van der Waals surface area contributed by atoms with Gasteiger partial charge in [0.25, 0.3) is 0 Å². The van der Waals surface area contributed by atoms with E-state index >= 15 is 0 Å². The first-order valence-electron chi connectivity index (χ1n) is 9.05. The summed E-state index contributed by atoms with van der Waals surface area (Å²) in [5.41, 5.74) is 1.37. The number of benzene rings is 1. The van der Waals surface area contributed by atoms with Gasteiger partial charge in [-0.1, -0.05) is 26.8 Å². The molecule has 0 bridgehead atoms. The van der Waals surface area contributed by atoms with Crippen molar-refractivity contribution >= 4 is 23.3 Å². The number of carbonyl (C=O) groups is 2. The van der Waals surface area contributed by atoms with Crippen LogP contribution in [0, 0.1) is 5.92 Å². The minimum atomic E-state index is -0.119. The summed E-state index contributed by atoms with van der Waals surface area (Å²) in [5, 5.41) is 5.79. The summed E-state index contributed by atoms with van der Waals surface area (Å²) >= 11 is 0. The van der Waals surface area contributed by atoms with Crippen molar-refractivity contribution in [3.8, 4) is 0 Å². The Morgan fingerprint density at radius 2 is 2.00 bits per heavy atom. The molecule has 0 aromatic heterocycles. The molecule has 0 radical (unpaired) electrons. The lowest BCUT2D eigenvalue weighted by Crippen LogP contribution is -2.50. The normalized spacial score (nSPS) is 17.4. The average Bonchev–Trinajstić information content (AvgIpc) is 2.55. The SMILES string of the molecule is CCCC(=O)Nc1cccc(NC(=O)N2CCOCC2CC(C)C)c1. The number of hydrogen-bond acceptors (Lipinski definition) is 3. The molecule has 1 aliphatic rings. The first-order chi connectivity index (χ1) is 12.0. The van der Waals surface area contributed by atoms with Gasteiger partial charge < -0.3 is 20.3 Å². The maximum Gasteiger partial charge on any atom is 0.322 e. The molecule has 1 fully saturated rings. The molecule has 0 aliphatic carbocycles. The van der Waals surface area contributed by atoms with Crippen LogP contribution in [0.15, 0.2) is 24.3 Å². The first-order valence-corrected chi connectivity index (χ1v) is 9.05. The minimum Gasteiger partial charge on any atom is -0.377 e. The van der Waals surface area contributed by atoms with Crippen LogP contribution in [0.3, 0.4) is 0 Å². The molecule has 1 aliphatic heterocycles. The molecule has 6 nitrogen and oxygen atoms in total. The van der Waals surface area contributed by atoms with Gasteiger partial charge in [-0.25, -0.2) is 4.79 Å². The lowest BCUT2D eigenvalue weighted by atomic mass is 10.0. The smallest absolute Gasteiger partial charge is 0.322 e. The van der Waals surface area contributed by atoms with E-state index in [0.717, 1.165) is 12.8 Å². The van der Waals surface area contributed by atoms with Gasteiger partial charge in [0.2, 0.25) is 5.91 Å². The molecule has 1 unspecified atom stereocenters. The van der Waals surface area contributed by atoms with Gasteiger partial charge in [-0.3, -0.25) is 4.79 Å². The van der Waals surface area contributed by atoms with Crippen molar-refractivity contribution in [2.75, 3.05) is 30.4 Å². The van der Waals surface area contributed by atoms with E-state index in [2.05, 4.69) is 24.5 Å². The minimum absolute atomic E-state index is 0.0175. The Labute approximate surface area is 149 Å². The predicted octanol–water partition coefficient (Wildman–Crippen LogP) is 3.70. The van der Waals surface area contributed by atoms with Crippen LogP contribution in [-0.2, 0) is 9.53 Å². The highest BCUT2D eigenvalue weighted by Crippen LogP contribution is 2.19. The largest absolute Gasteiger partial charge is 0.377 e. The van der Waals surface area contributed by atoms with Crippen molar-refractivity contribution < 1.29 is 14.3 Å². The zero-order valence-electron chi connectivity index (χ0n) is 15.4. The molecule has 25 heavy (non-hydrogen) atoms. The molecular weight excluding hydrogens is 318 g/mol. The van der Waals surface area contributed by atoms with Gasteiger partial charge in [0.15, 0.2) is 0 Å². The fourth-order valence-corrected chi connectivity index (χ4v) is 2.98. The molecule has 138 valence electrons. The lowest BCUT2D eigenvalue weighted by Gasteiger charge is -2.36. The third-order valence-corrected chi connectivity index (χ3v) is 4.11. The summed E-state index contributed by atoms with van der Waals surface area (Å²) in [4.78, 5) is 26.2. The second-order valence-electron chi connectivity index (χ2n) is 6.86. The number of morpholine rings is 1. The molecule has 2 rings (SSSR count). The van der Waals surface area contributed by atoms with Crippen LogP contribution in [0.2, 0.25) is 0 Å². The van der Waals surface area contributed by atoms with Crippen LogP contribution in [0.1, 0.15) is 40.0 Å². The summed E-state index contributed by atoms with van der Waals surface area (Å²) in [6, 6.07) is 7.23. The molecule has 0 saturated carbocycles. The molecule has 1 atom stereocenters. The van der Waals surface area contributed by atoms with Crippen LogP contribution in [0.4, 0.5) is 16.2 Å². The van der Waals surface area contributed by atoms with Gasteiger partial charge in [-0.15, -0.1) is 0 Å². The highest BCUT2D eigenvalue weighted by atomic mass is 16.5. The van der Waals surface area contributed by atoms with Crippen LogP contribution < -0.4 is 10.6 Å². The second kappa shape index (κ2) is 9.42. The number of carbonyl (C=O) groups excluding carboxylic acids is 2. The monoisotopic (exact) mass is 347 g/mol. The van der Waals surface area contributed by atoms with Gasteiger partial charge in [-0.2, -0.15) is 0 Å². The zero-order chi connectivity index (χ0) is 18.2. The van der Waals surface area contributed by atoms with Crippen molar-refractivity contribution in [3.63, 3.8) is 0 Å². The van der Waals surface area contributed by atoms with Crippen molar-refractivity contribution in [3.05, 3.63) is 24.3 Å². The maximum absolute atomic E-state index is 12.7. The molecule has 3 amide bonds. The van der Waals surface area contributed by atoms with E-state index in [1.165, 1.54) is 0 Å². The van der Waals surface area contributed by atoms with E-state index in [-0.39, 0.29) is 18.0 Å². The van der Waals surface area contributed by atoms with Gasteiger partial charge in [0.05, 0.1) is 19.3 Å². The Hall–Kier alpha value is -2.08. The number of anilines is 2. The van der Waals surface area contributed by atoms with Gasteiger partial charge >= 0.3 is 6.03 Å². The maximum atomic E-state index is 12.7. The summed E-state index contributed by atoms with van der Waals surface area (Å²) in [6.07, 6.45) is 2.21. The summed E-state index contributed by atoms with van der Waals surface area (Å²) in [6.45, 7) is 8.00. The predicted molar refractivity (Wildman–Crippen MR) is 99.8 cm³/mol. The third kappa shape index (κ3) is 6.05. The zero-order valence-corrected chi connectivity index (χ0v) is 15.4. The molecule has 1 heterocycles. The van der Waals surface area contributed by atoms with E-state index in [0.29, 0.717) is 43.5 Å². The third-order valence-electron chi connectivity index (χ3n) is 4.11. The van der Waals surface area contributed by atoms with Crippen molar-refractivity contribution in [2.45, 2.75) is 46.1 Å². The highest BCUT2D eigenvalue weighted by Gasteiger charge is 2.27. The number of rotatable bonds is 6. The molecule has 6 heteroatoms. The van der Waals surface area contributed by atoms with Crippen LogP contribution >= 0.6 is 0 Å². The van der Waals surface area contributed by atoms with Gasteiger partial charge in [0.1, 0.15) is 0 Å². The second-order valence-corrected chi connectivity index (χ2v) is 6.86. The van der Waals surface area contributed by atoms with Crippen LogP contribution in [0.25, 0.3) is 0 Å². The Balaban J connectivity index is 2.00. The Bertz CT molecular complexity index is 589. The standard InChI is InChI=1S/C19H29N3O3/c1-4-6-18(23)20-15-7-5-8-16(12-15)21-19(24)22-9-10-25-13-17(22)11-14(2)3/h5,7-8,12,14,17H,4,6,9-11,13H2,1-3H3,(H,20,23)(H,21,24). The number of hydrogen-bond donors (Lipinski definition) is 2. The van der Waals surface area contributed by atoms with E-state index in [1.807, 2.05) is 30.0 Å². The van der Waals surface area contributed by atoms with Crippen LogP contribution in [0.5, 0.6) is 0 Å². The van der Waals surface area contributed by atoms with E-state index in [9.17, 15) is 9.59 Å². The van der Waals surface area contributed by atoms with E-state index in [1.54, 1.807) is 6.07 Å². The quantitative estimate of drug-likeness (QED) is 0.824. The van der Waals surface area contributed by atoms with Gasteiger partial charge in [-0.05, 0) is 37.0 Å². The molecule has 2 N–H and O–H groups in total. The topological polar surface area (TPSA) is 70.7 Å². The molecule has 1 saturated heterocycles. The number of urea groups is 1. The molecular formula is C19H29N3O3. The summed E-state index contributed by atoms with van der Waals surface area (Å²) in [7, 11) is 0. The Morgan fingerprint density at radius 1 is 1.28 bits per heavy atom. The highest BCUT2D eigenvalue weighted by molar-refractivity contribution is 5.93. The number of amides is 3. The lowest BCUT2D eigenvalue weighted by molar-refractivity contribution is -0.116. The molecule has 1 aromatic rings. The average molecular weight is 347 g/mol. The first kappa shape index (κ1) is 19.2. The van der Waals surface area contributed by atoms with Crippen molar-refractivity contribution in [2.24, 2.45) is 5.92 Å². The fraction of sp³-hybridized carbons (Fsp3) is 0.579. The Morgan fingerprint density at radius 3 is 2.68 bits per heavy atom. The summed E-state index contributed by atoms with van der Waals surface area (Å²) < 4.78 is 5.53. The molecule has 0 spiro atoms. The van der Waals surface area contributed by atoms with E-state index in [4.69, 9.17) is 4.74 Å². The fourth-order valence-electron chi connectivity index (χ4n) is 2.98. The van der Waals surface area contributed by atoms with Crippen LogP contribution in [-0.4, -0.2) is 42.6 Å². The molecule has 1 aromatic carbocycles. The van der Waals surface area contributed by atoms with Crippen molar-refractivity contribution in [1.82, 2.24) is 4.90 Å². The number of nitrogens with one attached hydrogen (secondary N) is 2. The van der Waals surface area contributed by atoms with Crippen molar-refractivity contribution in [1.29, 1.82) is 0 Å². The van der Waals surface area contributed by atoms with Gasteiger partial charge in [0, 0.05) is 24.3 Å². The summed E-state index contributed by atoms with van der Waals surface area (Å²) in [5.74, 6) is 0.482. The number of ether oxygens (including phenoxy) is 1.